The summed E-state index contributed by atoms with van der Waals surface area (Å²) in [5.41, 5.74) is 1.43. The summed E-state index contributed by atoms with van der Waals surface area (Å²) in [5.74, 6) is -0.482. The number of carbonyl (C=O) groups excluding carboxylic acids is 1. The van der Waals surface area contributed by atoms with Gasteiger partial charge in [0, 0.05) is 5.56 Å². The number of unbranched alkanes of at least 4 members (excludes halogenated alkanes) is 5. The molecule has 7 heteroatoms. The molecule has 0 heterocycles. The van der Waals surface area contributed by atoms with Crippen molar-refractivity contribution in [2.45, 2.75) is 58.2 Å². The predicted molar refractivity (Wildman–Crippen MR) is 118 cm³/mol. The maximum Gasteiger partial charge on any atom is 0.264 e. The third-order valence-electron chi connectivity index (χ3n) is 4.57. The second-order valence-electron chi connectivity index (χ2n) is 7.05. The third-order valence-corrected chi connectivity index (χ3v) is 5.38. The van der Waals surface area contributed by atoms with Crippen molar-refractivity contribution in [2.24, 2.45) is 0 Å². The molecule has 0 amide bonds. The van der Waals surface area contributed by atoms with Crippen LogP contribution in [0, 0.1) is 0 Å². The van der Waals surface area contributed by atoms with Crippen LogP contribution in [0.2, 0.25) is 0 Å². The summed E-state index contributed by atoms with van der Waals surface area (Å²) in [4.78, 5) is 12.2. The molecule has 30 heavy (non-hydrogen) atoms. The van der Waals surface area contributed by atoms with Gasteiger partial charge in [-0.25, -0.2) is 0 Å². The summed E-state index contributed by atoms with van der Waals surface area (Å²) in [6, 6.07) is 15.5. The topological polar surface area (TPSA) is 112 Å². The Morgan fingerprint density at radius 3 is 2.07 bits per heavy atom. The van der Waals surface area contributed by atoms with E-state index in [1.54, 1.807) is 48.5 Å². The molecule has 0 saturated carbocycles. The number of Topliss-reactive ketones (excluding diaryl/α,β-unsaturated/α-hetero) is 1. The van der Waals surface area contributed by atoms with Crippen LogP contribution in [-0.2, 0) is 16.7 Å². The number of hydrogen-bond donors (Lipinski definition) is 3. The van der Waals surface area contributed by atoms with Gasteiger partial charge in [-0.2, -0.15) is 8.42 Å². The van der Waals surface area contributed by atoms with Crippen LogP contribution in [0.15, 0.2) is 54.6 Å². The average molecular weight is 437 g/mol. The van der Waals surface area contributed by atoms with Gasteiger partial charge in [-0.15, -0.1) is 0 Å². The van der Waals surface area contributed by atoms with Crippen LogP contribution in [0.1, 0.15) is 73.0 Å². The summed E-state index contributed by atoms with van der Waals surface area (Å²) >= 11 is 0. The molecule has 166 valence electrons. The van der Waals surface area contributed by atoms with Gasteiger partial charge in [0.25, 0.3) is 10.1 Å². The molecule has 0 aliphatic rings. The Labute approximate surface area is 179 Å². The van der Waals surface area contributed by atoms with E-state index in [0.29, 0.717) is 23.1 Å². The SMILES string of the molecule is CCCCCCCCS(=O)(=O)O.O=C(c1ccccc1CO)C(O)c1ccccc1. The predicted octanol–water partition coefficient (Wildman–Crippen LogP) is 4.33. The van der Waals surface area contributed by atoms with Crippen LogP contribution >= 0.6 is 0 Å². The molecule has 3 N–H and O–H groups in total. The number of rotatable bonds is 11. The van der Waals surface area contributed by atoms with E-state index in [4.69, 9.17) is 4.55 Å². The summed E-state index contributed by atoms with van der Waals surface area (Å²) in [5, 5.41) is 19.2. The number of ketones is 1. The maximum absolute atomic E-state index is 12.2. The molecule has 0 radical (unpaired) electrons. The van der Waals surface area contributed by atoms with E-state index in [9.17, 15) is 23.4 Å². The van der Waals surface area contributed by atoms with E-state index < -0.39 is 22.0 Å². The molecular formula is C23H32O6S. The molecule has 0 aromatic heterocycles. The van der Waals surface area contributed by atoms with Crippen LogP contribution in [0.5, 0.6) is 0 Å². The molecule has 0 saturated heterocycles. The van der Waals surface area contributed by atoms with Crippen molar-refractivity contribution in [3.05, 3.63) is 71.3 Å². The Bertz CT molecular complexity index is 849. The Morgan fingerprint density at radius 2 is 1.47 bits per heavy atom. The fraction of sp³-hybridized carbons (Fsp3) is 0.435. The second-order valence-corrected chi connectivity index (χ2v) is 8.62. The maximum atomic E-state index is 12.2. The largest absolute Gasteiger partial charge is 0.392 e. The highest BCUT2D eigenvalue weighted by molar-refractivity contribution is 7.85. The summed E-state index contributed by atoms with van der Waals surface area (Å²) in [6.07, 6.45) is 4.94. The molecular weight excluding hydrogens is 404 g/mol. The molecule has 2 aromatic rings. The minimum atomic E-state index is -3.72. The van der Waals surface area contributed by atoms with Gasteiger partial charge < -0.3 is 10.2 Å². The smallest absolute Gasteiger partial charge is 0.264 e. The molecule has 2 aromatic carbocycles. The molecule has 1 atom stereocenters. The molecule has 0 fully saturated rings. The first-order valence-electron chi connectivity index (χ1n) is 10.2. The lowest BCUT2D eigenvalue weighted by Gasteiger charge is -2.12. The van der Waals surface area contributed by atoms with E-state index in [0.717, 1.165) is 12.8 Å². The van der Waals surface area contributed by atoms with Crippen LogP contribution in [0.3, 0.4) is 0 Å². The van der Waals surface area contributed by atoms with Gasteiger partial charge in [-0.1, -0.05) is 93.6 Å². The molecule has 2 rings (SSSR count). The average Bonchev–Trinajstić information content (AvgIpc) is 2.75. The summed E-state index contributed by atoms with van der Waals surface area (Å²) < 4.78 is 28.9. The third kappa shape index (κ3) is 10.1. The van der Waals surface area contributed by atoms with E-state index in [2.05, 4.69) is 6.92 Å². The minimum Gasteiger partial charge on any atom is -0.392 e. The van der Waals surface area contributed by atoms with Crippen LogP contribution in [-0.4, -0.2) is 34.7 Å². The molecule has 1 unspecified atom stereocenters. The number of aliphatic hydroxyl groups excluding tert-OH is 2. The van der Waals surface area contributed by atoms with Gasteiger partial charge >= 0.3 is 0 Å². The Kier molecular flexibility index (Phi) is 12.2. The molecule has 0 aliphatic heterocycles. The van der Waals surface area contributed by atoms with Crippen molar-refractivity contribution >= 4 is 15.9 Å². The van der Waals surface area contributed by atoms with Gasteiger partial charge in [0.05, 0.1) is 12.4 Å². The second kappa shape index (κ2) is 14.0. The number of hydrogen-bond acceptors (Lipinski definition) is 5. The first-order valence-corrected chi connectivity index (χ1v) is 11.8. The molecule has 6 nitrogen and oxygen atoms in total. The van der Waals surface area contributed by atoms with Gasteiger partial charge in [0.2, 0.25) is 0 Å². The van der Waals surface area contributed by atoms with E-state index in [-0.39, 0.29) is 12.4 Å². The van der Waals surface area contributed by atoms with Crippen molar-refractivity contribution in [1.82, 2.24) is 0 Å². The molecule has 0 spiro atoms. The van der Waals surface area contributed by atoms with Gasteiger partial charge in [-0.05, 0) is 17.5 Å². The number of benzene rings is 2. The van der Waals surface area contributed by atoms with Crippen molar-refractivity contribution < 1.29 is 28.0 Å². The fourth-order valence-electron chi connectivity index (χ4n) is 2.90. The van der Waals surface area contributed by atoms with Gasteiger partial charge in [0.15, 0.2) is 5.78 Å². The number of carbonyl (C=O) groups is 1. The number of aliphatic hydroxyl groups is 2. The standard InChI is InChI=1S/C15H14O3.C8H18O3S/c16-10-12-8-4-5-9-13(12)15(18)14(17)11-6-2-1-3-7-11;1-2-3-4-5-6-7-8-12(9,10)11/h1-9,14,16-17H,10H2;2-8H2,1H3,(H,9,10,11). The molecule has 0 bridgehead atoms. The zero-order valence-electron chi connectivity index (χ0n) is 17.4. The van der Waals surface area contributed by atoms with E-state index in [1.165, 1.54) is 19.3 Å². The summed E-state index contributed by atoms with van der Waals surface area (Å²) in [7, 11) is -3.72. The van der Waals surface area contributed by atoms with Gasteiger partial charge in [0.1, 0.15) is 6.10 Å². The first kappa shape index (κ1) is 26.0. The monoisotopic (exact) mass is 436 g/mol. The minimum absolute atomic E-state index is 0.0842. The highest BCUT2D eigenvalue weighted by Crippen LogP contribution is 2.20. The van der Waals surface area contributed by atoms with Crippen molar-refractivity contribution in [3.8, 4) is 0 Å². The lowest BCUT2D eigenvalue weighted by Crippen LogP contribution is -2.14. The zero-order valence-corrected chi connectivity index (χ0v) is 18.2. The van der Waals surface area contributed by atoms with Gasteiger partial charge in [-0.3, -0.25) is 9.35 Å². The summed E-state index contributed by atoms with van der Waals surface area (Å²) in [6.45, 7) is 1.92. The Hall–Kier alpha value is -2.06. The van der Waals surface area contributed by atoms with Crippen molar-refractivity contribution in [3.63, 3.8) is 0 Å². The first-order chi connectivity index (χ1) is 14.3. The van der Waals surface area contributed by atoms with Crippen molar-refractivity contribution in [1.29, 1.82) is 0 Å². The van der Waals surface area contributed by atoms with Crippen molar-refractivity contribution in [2.75, 3.05) is 5.75 Å². The van der Waals surface area contributed by atoms with Crippen LogP contribution in [0.4, 0.5) is 0 Å². The Morgan fingerprint density at radius 1 is 0.900 bits per heavy atom. The highest BCUT2D eigenvalue weighted by Gasteiger charge is 2.20. The van der Waals surface area contributed by atoms with E-state index in [1.807, 2.05) is 6.07 Å². The lowest BCUT2D eigenvalue weighted by atomic mass is 9.96. The highest BCUT2D eigenvalue weighted by atomic mass is 32.2. The Balaban J connectivity index is 0.000000329. The fourth-order valence-corrected chi connectivity index (χ4v) is 3.47. The normalized spacial score (nSPS) is 12.0. The quantitative estimate of drug-likeness (QED) is 0.275. The molecule has 0 aliphatic carbocycles. The van der Waals surface area contributed by atoms with Crippen LogP contribution < -0.4 is 0 Å². The lowest BCUT2D eigenvalue weighted by molar-refractivity contribution is 0.0744. The zero-order chi connectivity index (χ0) is 22.4. The van der Waals surface area contributed by atoms with Crippen LogP contribution in [0.25, 0.3) is 0 Å². The van der Waals surface area contributed by atoms with E-state index >= 15 is 0 Å².